The van der Waals surface area contributed by atoms with Crippen LogP contribution in [0.15, 0.2) is 35.0 Å². The first kappa shape index (κ1) is 16.0. The van der Waals surface area contributed by atoms with Crippen LogP contribution in [0, 0.1) is 13.8 Å². The third kappa shape index (κ3) is 4.84. The molecule has 2 rings (SSSR count). The van der Waals surface area contributed by atoms with Crippen LogP contribution in [-0.4, -0.2) is 24.4 Å². The molecule has 2 atom stereocenters. The van der Waals surface area contributed by atoms with Gasteiger partial charge in [0.05, 0.1) is 0 Å². The van der Waals surface area contributed by atoms with Crippen molar-refractivity contribution in [2.24, 2.45) is 0 Å². The number of nitrogens with one attached hydrogen (secondary N) is 1. The molecule has 0 aliphatic carbocycles. The lowest BCUT2D eigenvalue weighted by Crippen LogP contribution is -2.33. The van der Waals surface area contributed by atoms with Gasteiger partial charge in [-0.05, 0) is 60.4 Å². The van der Waals surface area contributed by atoms with Gasteiger partial charge in [-0.2, -0.15) is 11.3 Å². The highest BCUT2D eigenvalue weighted by molar-refractivity contribution is 7.07. The molecule has 0 saturated heterocycles. The highest BCUT2D eigenvalue weighted by Crippen LogP contribution is 2.19. The average molecular weight is 305 g/mol. The van der Waals surface area contributed by atoms with Crippen molar-refractivity contribution in [2.75, 3.05) is 13.2 Å². The average Bonchev–Trinajstić information content (AvgIpc) is 3.00. The molecule has 3 nitrogen and oxygen atoms in total. The summed E-state index contributed by atoms with van der Waals surface area (Å²) in [5.41, 5.74) is 3.50. The summed E-state index contributed by atoms with van der Waals surface area (Å²) in [6.07, 6.45) is -0.522. The predicted molar refractivity (Wildman–Crippen MR) is 88.2 cm³/mol. The Bertz CT molecular complexity index is 554. The number of thiophene rings is 1. The standard InChI is InChI=1S/C17H23NO2S/c1-12-4-5-13(2)17(8-12)20-10-16(19)9-18-14(3)15-6-7-21-11-15/h4-8,11,14,16,18-19H,9-10H2,1-3H3. The lowest BCUT2D eigenvalue weighted by molar-refractivity contribution is 0.104. The molecule has 0 bridgehead atoms. The monoisotopic (exact) mass is 305 g/mol. The van der Waals surface area contributed by atoms with Gasteiger partial charge < -0.3 is 15.2 Å². The van der Waals surface area contributed by atoms with E-state index < -0.39 is 6.10 Å². The highest BCUT2D eigenvalue weighted by atomic mass is 32.1. The summed E-state index contributed by atoms with van der Waals surface area (Å²) < 4.78 is 5.71. The fourth-order valence-electron chi connectivity index (χ4n) is 2.06. The van der Waals surface area contributed by atoms with Gasteiger partial charge in [-0.15, -0.1) is 0 Å². The molecule has 4 heteroatoms. The number of aliphatic hydroxyl groups excluding tert-OH is 1. The van der Waals surface area contributed by atoms with Gasteiger partial charge in [-0.1, -0.05) is 12.1 Å². The molecule has 21 heavy (non-hydrogen) atoms. The first-order valence-corrected chi connectivity index (χ1v) is 8.14. The summed E-state index contributed by atoms with van der Waals surface area (Å²) in [5.74, 6) is 0.847. The number of hydrogen-bond donors (Lipinski definition) is 2. The molecular weight excluding hydrogens is 282 g/mol. The van der Waals surface area contributed by atoms with Crippen molar-refractivity contribution >= 4 is 11.3 Å². The number of rotatable bonds is 7. The number of aryl methyl sites for hydroxylation is 2. The van der Waals surface area contributed by atoms with Gasteiger partial charge in [0.2, 0.25) is 0 Å². The van der Waals surface area contributed by atoms with Gasteiger partial charge in [0, 0.05) is 12.6 Å². The fourth-order valence-corrected chi connectivity index (χ4v) is 2.81. The van der Waals surface area contributed by atoms with Crippen molar-refractivity contribution in [2.45, 2.75) is 32.9 Å². The maximum Gasteiger partial charge on any atom is 0.122 e. The minimum Gasteiger partial charge on any atom is -0.491 e. The largest absolute Gasteiger partial charge is 0.491 e. The maximum absolute atomic E-state index is 10.0. The van der Waals surface area contributed by atoms with Crippen molar-refractivity contribution in [3.63, 3.8) is 0 Å². The van der Waals surface area contributed by atoms with Gasteiger partial charge in [-0.25, -0.2) is 0 Å². The van der Waals surface area contributed by atoms with E-state index in [2.05, 4.69) is 35.1 Å². The Kier molecular flexibility index (Phi) is 5.79. The number of ether oxygens (including phenoxy) is 1. The first-order valence-electron chi connectivity index (χ1n) is 7.20. The smallest absolute Gasteiger partial charge is 0.122 e. The highest BCUT2D eigenvalue weighted by Gasteiger charge is 2.10. The molecule has 0 aliphatic heterocycles. The van der Waals surface area contributed by atoms with Crippen molar-refractivity contribution in [3.05, 3.63) is 51.7 Å². The van der Waals surface area contributed by atoms with Crippen LogP contribution in [0.1, 0.15) is 29.7 Å². The molecule has 0 saturated carbocycles. The zero-order chi connectivity index (χ0) is 15.2. The van der Waals surface area contributed by atoms with Crippen LogP contribution in [0.25, 0.3) is 0 Å². The van der Waals surface area contributed by atoms with E-state index in [9.17, 15) is 5.11 Å². The molecule has 1 aromatic carbocycles. The third-order valence-electron chi connectivity index (χ3n) is 3.48. The van der Waals surface area contributed by atoms with E-state index in [1.54, 1.807) is 11.3 Å². The second-order valence-corrected chi connectivity index (χ2v) is 6.20. The summed E-state index contributed by atoms with van der Waals surface area (Å²) in [5, 5.41) is 17.5. The number of benzene rings is 1. The first-order chi connectivity index (χ1) is 10.1. The second kappa shape index (κ2) is 7.59. The summed E-state index contributed by atoms with van der Waals surface area (Å²) in [6.45, 7) is 6.96. The van der Waals surface area contributed by atoms with Crippen LogP contribution >= 0.6 is 11.3 Å². The zero-order valence-electron chi connectivity index (χ0n) is 12.8. The van der Waals surface area contributed by atoms with Gasteiger partial charge in [0.25, 0.3) is 0 Å². The minimum absolute atomic E-state index is 0.242. The molecule has 2 unspecified atom stereocenters. The van der Waals surface area contributed by atoms with Crippen LogP contribution in [0.4, 0.5) is 0 Å². The van der Waals surface area contributed by atoms with E-state index in [1.165, 1.54) is 5.56 Å². The molecule has 1 heterocycles. The Balaban J connectivity index is 1.77. The molecule has 2 aromatic rings. The summed E-state index contributed by atoms with van der Waals surface area (Å²) in [4.78, 5) is 0. The van der Waals surface area contributed by atoms with Crippen molar-refractivity contribution in [1.82, 2.24) is 5.32 Å². The maximum atomic E-state index is 10.0. The molecule has 0 amide bonds. The Morgan fingerprint density at radius 2 is 2.10 bits per heavy atom. The lowest BCUT2D eigenvalue weighted by Gasteiger charge is -2.18. The van der Waals surface area contributed by atoms with Crippen LogP contribution < -0.4 is 10.1 Å². The number of hydrogen-bond acceptors (Lipinski definition) is 4. The normalized spacial score (nSPS) is 13.9. The van der Waals surface area contributed by atoms with Gasteiger partial charge in [-0.3, -0.25) is 0 Å². The Labute approximate surface area is 130 Å². The molecule has 2 N–H and O–H groups in total. The predicted octanol–water partition coefficient (Wildman–Crippen LogP) is 3.46. The molecular formula is C17H23NO2S. The van der Waals surface area contributed by atoms with E-state index in [-0.39, 0.29) is 6.04 Å². The molecule has 0 radical (unpaired) electrons. The molecule has 0 fully saturated rings. The number of aliphatic hydroxyl groups is 1. The fraction of sp³-hybridized carbons (Fsp3) is 0.412. The zero-order valence-corrected chi connectivity index (χ0v) is 13.6. The molecule has 0 aliphatic rings. The topological polar surface area (TPSA) is 41.5 Å². The van der Waals surface area contributed by atoms with Gasteiger partial charge in [0.1, 0.15) is 18.5 Å². The van der Waals surface area contributed by atoms with E-state index in [0.717, 1.165) is 16.9 Å². The van der Waals surface area contributed by atoms with Crippen LogP contribution in [0.5, 0.6) is 5.75 Å². The molecule has 0 spiro atoms. The Morgan fingerprint density at radius 1 is 1.29 bits per heavy atom. The van der Waals surface area contributed by atoms with Crippen molar-refractivity contribution < 1.29 is 9.84 Å². The van der Waals surface area contributed by atoms with Gasteiger partial charge in [0.15, 0.2) is 0 Å². The van der Waals surface area contributed by atoms with E-state index in [1.807, 2.05) is 26.0 Å². The van der Waals surface area contributed by atoms with E-state index in [4.69, 9.17) is 4.74 Å². The third-order valence-corrected chi connectivity index (χ3v) is 4.18. The van der Waals surface area contributed by atoms with Crippen molar-refractivity contribution in [3.8, 4) is 5.75 Å². The summed E-state index contributed by atoms with van der Waals surface area (Å²) in [6, 6.07) is 8.44. The lowest BCUT2D eigenvalue weighted by atomic mass is 10.1. The van der Waals surface area contributed by atoms with Crippen LogP contribution in [0.3, 0.4) is 0 Å². The van der Waals surface area contributed by atoms with Gasteiger partial charge >= 0.3 is 0 Å². The van der Waals surface area contributed by atoms with E-state index >= 15 is 0 Å². The Morgan fingerprint density at radius 3 is 2.81 bits per heavy atom. The second-order valence-electron chi connectivity index (χ2n) is 5.42. The SMILES string of the molecule is Cc1ccc(C)c(OCC(O)CNC(C)c2ccsc2)c1. The van der Waals surface area contributed by atoms with Crippen LogP contribution in [-0.2, 0) is 0 Å². The van der Waals surface area contributed by atoms with E-state index in [0.29, 0.717) is 13.2 Å². The van der Waals surface area contributed by atoms with Crippen LogP contribution in [0.2, 0.25) is 0 Å². The molecule has 114 valence electrons. The summed E-state index contributed by atoms with van der Waals surface area (Å²) >= 11 is 1.69. The Hall–Kier alpha value is -1.36. The minimum atomic E-state index is -0.522. The van der Waals surface area contributed by atoms with Crippen molar-refractivity contribution in [1.29, 1.82) is 0 Å². The summed E-state index contributed by atoms with van der Waals surface area (Å²) in [7, 11) is 0. The quantitative estimate of drug-likeness (QED) is 0.823. The molecule has 1 aromatic heterocycles.